The number of nitrogens with one attached hydrogen (secondary N) is 1. The van der Waals surface area contributed by atoms with E-state index in [4.69, 9.17) is 27.9 Å². The fourth-order valence-electron chi connectivity index (χ4n) is 3.86. The van der Waals surface area contributed by atoms with Crippen molar-refractivity contribution in [1.82, 2.24) is 5.32 Å². The van der Waals surface area contributed by atoms with Crippen LogP contribution in [0.5, 0.6) is 11.5 Å². The maximum absolute atomic E-state index is 12.9. The number of amides is 1. The molecule has 2 heterocycles. The summed E-state index contributed by atoms with van der Waals surface area (Å²) in [5.41, 5.74) is 1.16. The Kier molecular flexibility index (Phi) is 5.38. The van der Waals surface area contributed by atoms with E-state index in [1.165, 1.54) is 0 Å². The van der Waals surface area contributed by atoms with Gasteiger partial charge in [0.1, 0.15) is 11.4 Å². The Hall–Kier alpha value is -1.64. The van der Waals surface area contributed by atoms with E-state index >= 15 is 0 Å². The van der Waals surface area contributed by atoms with Crippen molar-refractivity contribution in [3.63, 3.8) is 0 Å². The summed E-state index contributed by atoms with van der Waals surface area (Å²) >= 11 is 16.1. The molecule has 10 heteroatoms. The fraction of sp³-hybridized carbons (Fsp3) is 0.316. The van der Waals surface area contributed by atoms with Crippen molar-refractivity contribution in [2.75, 3.05) is 11.4 Å². The smallest absolute Gasteiger partial charge is 0.455 e. The summed E-state index contributed by atoms with van der Waals surface area (Å²) in [5, 5.41) is 2.72. The molecule has 0 aliphatic carbocycles. The molecular weight excluding hydrogens is 496 g/mol. The van der Waals surface area contributed by atoms with Crippen LogP contribution in [0.15, 0.2) is 34.8 Å². The van der Waals surface area contributed by atoms with Gasteiger partial charge in [-0.3, -0.25) is 4.79 Å². The highest BCUT2D eigenvalue weighted by atomic mass is 79.9. The first kappa shape index (κ1) is 20.6. The normalized spacial score (nSPS) is 20.7. The molecule has 2 aliphatic heterocycles. The highest BCUT2D eigenvalue weighted by Crippen LogP contribution is 2.52. The van der Waals surface area contributed by atoms with E-state index in [2.05, 4.69) is 21.2 Å². The monoisotopic (exact) mass is 508 g/mol. The van der Waals surface area contributed by atoms with Crippen molar-refractivity contribution in [1.29, 1.82) is 0 Å². The molecule has 2 aromatic rings. The van der Waals surface area contributed by atoms with Crippen LogP contribution < -0.4 is 15.0 Å². The van der Waals surface area contributed by atoms with Crippen molar-refractivity contribution in [2.45, 2.75) is 31.1 Å². The second-order valence-electron chi connectivity index (χ2n) is 6.85. The summed E-state index contributed by atoms with van der Waals surface area (Å²) in [6.07, 6.45) is -4.02. The third-order valence-electron chi connectivity index (χ3n) is 5.04. The van der Waals surface area contributed by atoms with Crippen molar-refractivity contribution in [3.8, 4) is 11.5 Å². The van der Waals surface area contributed by atoms with E-state index in [1.807, 2.05) is 4.90 Å². The topological polar surface area (TPSA) is 41.6 Å². The minimum Gasteiger partial charge on any atom is -0.455 e. The van der Waals surface area contributed by atoms with Gasteiger partial charge in [0, 0.05) is 16.6 Å². The number of nitrogens with zero attached hydrogens (tertiary/aromatic N) is 1. The SMILES string of the molecule is O=C(N[C@H]1CCCN2c3c(ccc(Cl)c3Cl)Oc3cc(Br)ccc3[C@@H]12)C(F)(F)F. The Balaban J connectivity index is 1.87. The van der Waals surface area contributed by atoms with Crippen LogP contribution in [0.25, 0.3) is 0 Å². The second-order valence-corrected chi connectivity index (χ2v) is 8.55. The van der Waals surface area contributed by atoms with Crippen LogP contribution in [0.4, 0.5) is 18.9 Å². The number of halogens is 6. The van der Waals surface area contributed by atoms with E-state index < -0.39 is 24.2 Å². The molecule has 4 rings (SSSR count). The first-order valence-electron chi connectivity index (χ1n) is 8.76. The molecule has 0 radical (unpaired) electrons. The molecule has 1 N–H and O–H groups in total. The predicted octanol–water partition coefficient (Wildman–Crippen LogP) is 6.25. The molecule has 2 aliphatic rings. The van der Waals surface area contributed by atoms with Gasteiger partial charge in [-0.2, -0.15) is 13.2 Å². The number of fused-ring (bicyclic) bond motifs is 5. The average molecular weight is 510 g/mol. The van der Waals surface area contributed by atoms with E-state index in [-0.39, 0.29) is 5.02 Å². The molecule has 154 valence electrons. The minimum absolute atomic E-state index is 0.254. The number of carbonyl (C=O) groups excluding carboxylic acids is 1. The average Bonchev–Trinajstić information content (AvgIpc) is 2.78. The highest BCUT2D eigenvalue weighted by Gasteiger charge is 2.45. The van der Waals surface area contributed by atoms with Crippen LogP contribution in [0.1, 0.15) is 24.4 Å². The summed E-state index contributed by atoms with van der Waals surface area (Å²) in [7, 11) is 0. The fourth-order valence-corrected chi connectivity index (χ4v) is 4.62. The summed E-state index contributed by atoms with van der Waals surface area (Å²) < 4.78 is 45.6. The number of piperidine rings is 1. The predicted molar refractivity (Wildman–Crippen MR) is 108 cm³/mol. The number of anilines is 1. The van der Waals surface area contributed by atoms with Crippen molar-refractivity contribution in [3.05, 3.63) is 50.4 Å². The van der Waals surface area contributed by atoms with Crippen LogP contribution in [0, 0.1) is 0 Å². The molecular formula is C19H14BrCl2F3N2O2. The number of rotatable bonds is 1. The molecule has 2 aromatic carbocycles. The van der Waals surface area contributed by atoms with Gasteiger partial charge >= 0.3 is 12.1 Å². The van der Waals surface area contributed by atoms with Crippen LogP contribution >= 0.6 is 39.1 Å². The third kappa shape index (κ3) is 3.78. The molecule has 1 saturated heterocycles. The van der Waals surface area contributed by atoms with Gasteiger partial charge in [0.2, 0.25) is 0 Å². The summed E-state index contributed by atoms with van der Waals surface area (Å²) in [4.78, 5) is 13.6. The molecule has 0 aromatic heterocycles. The van der Waals surface area contributed by atoms with Gasteiger partial charge in [0.05, 0.1) is 22.1 Å². The first-order chi connectivity index (χ1) is 13.7. The molecule has 4 nitrogen and oxygen atoms in total. The molecule has 0 bridgehead atoms. The summed E-state index contributed by atoms with van der Waals surface area (Å²) in [5.74, 6) is -1.05. The van der Waals surface area contributed by atoms with Crippen molar-refractivity contribution < 1.29 is 22.7 Å². The van der Waals surface area contributed by atoms with E-state index in [9.17, 15) is 18.0 Å². The molecule has 0 saturated carbocycles. The Bertz CT molecular complexity index is 987. The third-order valence-corrected chi connectivity index (χ3v) is 6.33. The van der Waals surface area contributed by atoms with Gasteiger partial charge in [0.25, 0.3) is 0 Å². The Morgan fingerprint density at radius 3 is 2.69 bits per heavy atom. The Labute approximate surface area is 183 Å². The van der Waals surface area contributed by atoms with E-state index in [0.29, 0.717) is 47.2 Å². The minimum atomic E-state index is -4.97. The number of benzene rings is 2. The lowest BCUT2D eigenvalue weighted by Gasteiger charge is -2.42. The van der Waals surface area contributed by atoms with Crippen molar-refractivity contribution in [2.24, 2.45) is 0 Å². The van der Waals surface area contributed by atoms with Crippen LogP contribution in [-0.4, -0.2) is 24.7 Å². The van der Waals surface area contributed by atoms with Gasteiger partial charge in [0.15, 0.2) is 5.75 Å². The number of carbonyl (C=O) groups is 1. The lowest BCUT2D eigenvalue weighted by Crippen LogP contribution is -2.52. The van der Waals surface area contributed by atoms with Crippen LogP contribution in [-0.2, 0) is 4.79 Å². The Morgan fingerprint density at radius 2 is 1.97 bits per heavy atom. The number of hydrogen-bond acceptors (Lipinski definition) is 3. The lowest BCUT2D eigenvalue weighted by molar-refractivity contribution is -0.174. The van der Waals surface area contributed by atoms with Gasteiger partial charge in [-0.1, -0.05) is 45.2 Å². The quantitative estimate of drug-likeness (QED) is 0.494. The molecule has 1 amide bonds. The zero-order valence-electron chi connectivity index (χ0n) is 14.7. The summed E-state index contributed by atoms with van der Waals surface area (Å²) in [6.45, 7) is 0.523. The van der Waals surface area contributed by atoms with Gasteiger partial charge in [-0.05, 0) is 37.1 Å². The number of hydrogen-bond donors (Lipinski definition) is 1. The molecule has 29 heavy (non-hydrogen) atoms. The summed E-state index contributed by atoms with van der Waals surface area (Å²) in [6, 6.07) is 7.18. The Morgan fingerprint density at radius 1 is 1.21 bits per heavy atom. The molecule has 2 atom stereocenters. The number of ether oxygens (including phenoxy) is 1. The highest BCUT2D eigenvalue weighted by molar-refractivity contribution is 9.10. The standard InChI is InChI=1S/C19H14BrCl2F3N2O2/c20-9-3-4-10-14(8-9)29-13-6-5-11(21)15(22)17(13)27-7-1-2-12(16(10)27)26-18(28)19(23,24)25/h3-6,8,12,16H,1-2,7H2,(H,26,28)/t12-,16-/m0/s1. The van der Waals surface area contributed by atoms with E-state index in [0.717, 1.165) is 4.47 Å². The second kappa shape index (κ2) is 7.56. The molecule has 1 fully saturated rings. The van der Waals surface area contributed by atoms with Crippen molar-refractivity contribution >= 4 is 50.7 Å². The largest absolute Gasteiger partial charge is 0.471 e. The lowest BCUT2D eigenvalue weighted by atomic mass is 9.89. The van der Waals surface area contributed by atoms with Crippen LogP contribution in [0.3, 0.4) is 0 Å². The number of alkyl halides is 3. The van der Waals surface area contributed by atoms with Crippen LogP contribution in [0.2, 0.25) is 10.0 Å². The van der Waals surface area contributed by atoms with Gasteiger partial charge in [-0.15, -0.1) is 0 Å². The molecule has 0 spiro atoms. The van der Waals surface area contributed by atoms with E-state index in [1.54, 1.807) is 30.3 Å². The maximum Gasteiger partial charge on any atom is 0.471 e. The maximum atomic E-state index is 12.9. The zero-order valence-corrected chi connectivity index (χ0v) is 17.8. The molecule has 0 unspecified atom stereocenters. The van der Waals surface area contributed by atoms with Gasteiger partial charge in [-0.25, -0.2) is 0 Å². The first-order valence-corrected chi connectivity index (χ1v) is 10.3. The van der Waals surface area contributed by atoms with Gasteiger partial charge < -0.3 is 15.0 Å². The zero-order chi connectivity index (χ0) is 20.9.